The molecule has 0 fully saturated rings. The maximum Gasteiger partial charge on any atom is 0.186 e. The maximum atomic E-state index is 13.1. The molecule has 1 aliphatic heterocycles. The van der Waals surface area contributed by atoms with Crippen LogP contribution in [0, 0.1) is 0 Å². The van der Waals surface area contributed by atoms with Gasteiger partial charge in [-0.05, 0) is 38.1 Å². The molecule has 1 aromatic rings. The zero-order valence-electron chi connectivity index (χ0n) is 13.0. The highest BCUT2D eigenvalue weighted by molar-refractivity contribution is 6.05. The topological polar surface area (TPSA) is 29.5 Å². The normalized spacial score (nSPS) is 16.6. The van der Waals surface area contributed by atoms with Crippen molar-refractivity contribution in [3.05, 3.63) is 29.3 Å². The molecular formula is C17H25NO2. The van der Waals surface area contributed by atoms with E-state index >= 15 is 0 Å². The van der Waals surface area contributed by atoms with E-state index in [4.69, 9.17) is 4.74 Å². The van der Waals surface area contributed by atoms with Gasteiger partial charge in [0.15, 0.2) is 5.78 Å². The summed E-state index contributed by atoms with van der Waals surface area (Å²) in [7, 11) is 0. The monoisotopic (exact) mass is 275 g/mol. The maximum absolute atomic E-state index is 13.1. The van der Waals surface area contributed by atoms with Gasteiger partial charge in [-0.15, -0.1) is 0 Å². The molecule has 3 nitrogen and oxygen atoms in total. The molecule has 0 spiro atoms. The van der Waals surface area contributed by atoms with Crippen molar-refractivity contribution in [2.75, 3.05) is 19.7 Å². The summed E-state index contributed by atoms with van der Waals surface area (Å²) in [5.41, 5.74) is 1.45. The number of carbonyl (C=O) groups excluding carboxylic acids is 1. The van der Waals surface area contributed by atoms with E-state index in [1.54, 1.807) is 0 Å². The highest BCUT2D eigenvalue weighted by Crippen LogP contribution is 2.34. The van der Waals surface area contributed by atoms with E-state index in [9.17, 15) is 4.79 Å². The van der Waals surface area contributed by atoms with E-state index in [1.165, 1.54) is 0 Å². The molecule has 0 N–H and O–H groups in total. The third kappa shape index (κ3) is 2.35. The highest BCUT2D eigenvalue weighted by atomic mass is 16.5. The van der Waals surface area contributed by atoms with E-state index in [0.717, 1.165) is 42.8 Å². The molecule has 0 radical (unpaired) electrons. The van der Waals surface area contributed by atoms with Gasteiger partial charge < -0.3 is 4.74 Å². The lowest BCUT2D eigenvalue weighted by molar-refractivity contribution is 0.0604. The minimum Gasteiger partial charge on any atom is -0.492 e. The number of carbonyl (C=O) groups is 1. The molecule has 1 atom stereocenters. The van der Waals surface area contributed by atoms with Gasteiger partial charge in [0, 0.05) is 6.42 Å². The quantitative estimate of drug-likeness (QED) is 0.746. The first kappa shape index (κ1) is 15.0. The number of likely N-dealkylation sites (N-methyl/N-ethyl adjacent to an activating group) is 1. The predicted octanol–water partition coefficient (Wildman–Crippen LogP) is 3.31. The Morgan fingerprint density at radius 1 is 1.30 bits per heavy atom. The number of hydrogen-bond acceptors (Lipinski definition) is 3. The van der Waals surface area contributed by atoms with Crippen LogP contribution in [0.3, 0.4) is 0 Å². The molecule has 2 rings (SSSR count). The number of ether oxygens (including phenoxy) is 1. The summed E-state index contributed by atoms with van der Waals surface area (Å²) in [5.74, 6) is 0.992. The molecule has 0 amide bonds. The summed E-state index contributed by atoms with van der Waals surface area (Å²) >= 11 is 0. The second kappa shape index (κ2) is 5.96. The Morgan fingerprint density at radius 2 is 2.00 bits per heavy atom. The van der Waals surface area contributed by atoms with E-state index in [-0.39, 0.29) is 5.78 Å². The second-order valence-electron chi connectivity index (χ2n) is 5.52. The minimum absolute atomic E-state index is 0.183. The molecular weight excluding hydrogens is 250 g/mol. The number of nitrogens with zero attached hydrogens (tertiary/aromatic N) is 1. The molecule has 1 unspecified atom stereocenters. The van der Waals surface area contributed by atoms with Gasteiger partial charge in [0.25, 0.3) is 0 Å². The number of Topliss-reactive ketones (excluding diaryl/α,β-unsaturated/α-hetero) is 1. The lowest BCUT2D eigenvalue weighted by Crippen LogP contribution is -2.52. The summed E-state index contributed by atoms with van der Waals surface area (Å²) in [4.78, 5) is 15.3. The van der Waals surface area contributed by atoms with Crippen LogP contribution in [0.15, 0.2) is 18.2 Å². The van der Waals surface area contributed by atoms with Gasteiger partial charge in [0.1, 0.15) is 5.75 Å². The molecule has 1 aliphatic rings. The lowest BCUT2D eigenvalue weighted by atomic mass is 9.85. The fourth-order valence-electron chi connectivity index (χ4n) is 3.13. The fraction of sp³-hybridized carbons (Fsp3) is 0.588. The van der Waals surface area contributed by atoms with E-state index in [2.05, 4.69) is 38.7 Å². The highest BCUT2D eigenvalue weighted by Gasteiger charge is 2.38. The van der Waals surface area contributed by atoms with Crippen LogP contribution in [0.25, 0.3) is 0 Å². The molecule has 0 saturated carbocycles. The van der Waals surface area contributed by atoms with Crippen LogP contribution in [0.4, 0.5) is 0 Å². The van der Waals surface area contributed by atoms with Gasteiger partial charge in [-0.2, -0.15) is 0 Å². The van der Waals surface area contributed by atoms with Gasteiger partial charge in [-0.25, -0.2) is 0 Å². The Labute approximate surface area is 121 Å². The Kier molecular flexibility index (Phi) is 4.48. The Balaban J connectivity index is 2.41. The molecule has 1 heterocycles. The van der Waals surface area contributed by atoms with Crippen molar-refractivity contribution in [1.82, 2.24) is 4.90 Å². The first-order valence-electron chi connectivity index (χ1n) is 7.63. The molecule has 110 valence electrons. The van der Waals surface area contributed by atoms with Crippen LogP contribution >= 0.6 is 0 Å². The van der Waals surface area contributed by atoms with Crippen molar-refractivity contribution in [3.8, 4) is 5.75 Å². The molecule has 0 aromatic heterocycles. The zero-order valence-corrected chi connectivity index (χ0v) is 13.0. The molecule has 0 bridgehead atoms. The fourth-order valence-corrected chi connectivity index (χ4v) is 3.13. The van der Waals surface area contributed by atoms with Crippen LogP contribution in [-0.2, 0) is 6.42 Å². The van der Waals surface area contributed by atoms with Gasteiger partial charge in [0.2, 0.25) is 0 Å². The Hall–Kier alpha value is -1.35. The number of para-hydroxylation sites is 1. The summed E-state index contributed by atoms with van der Waals surface area (Å²) in [5, 5.41) is 0. The Morgan fingerprint density at radius 3 is 2.60 bits per heavy atom. The number of rotatable bonds is 6. The number of hydrogen-bond donors (Lipinski definition) is 0. The van der Waals surface area contributed by atoms with Crippen molar-refractivity contribution in [1.29, 1.82) is 0 Å². The first-order chi connectivity index (χ1) is 9.58. The van der Waals surface area contributed by atoms with Crippen molar-refractivity contribution >= 4 is 5.78 Å². The van der Waals surface area contributed by atoms with Gasteiger partial charge in [-0.3, -0.25) is 9.69 Å². The molecule has 1 aromatic carbocycles. The third-order valence-corrected chi connectivity index (χ3v) is 4.60. The molecule has 0 aliphatic carbocycles. The summed E-state index contributed by atoms with van der Waals surface area (Å²) < 4.78 is 5.70. The minimum atomic E-state index is -0.454. The van der Waals surface area contributed by atoms with Gasteiger partial charge in [0.05, 0.1) is 17.7 Å². The van der Waals surface area contributed by atoms with Crippen molar-refractivity contribution < 1.29 is 9.53 Å². The zero-order chi connectivity index (χ0) is 14.8. The van der Waals surface area contributed by atoms with E-state index < -0.39 is 5.54 Å². The number of benzene rings is 1. The summed E-state index contributed by atoms with van der Waals surface area (Å²) in [6.45, 7) is 10.8. The van der Waals surface area contributed by atoms with Crippen molar-refractivity contribution in [2.45, 2.75) is 46.1 Å². The largest absolute Gasteiger partial charge is 0.492 e. The van der Waals surface area contributed by atoms with Gasteiger partial charge in [-0.1, -0.05) is 32.9 Å². The molecule has 3 heteroatoms. The average Bonchev–Trinajstić information content (AvgIpc) is 2.95. The van der Waals surface area contributed by atoms with Gasteiger partial charge >= 0.3 is 0 Å². The van der Waals surface area contributed by atoms with Crippen LogP contribution in [0.5, 0.6) is 5.75 Å². The molecule has 0 saturated heterocycles. The van der Waals surface area contributed by atoms with Crippen molar-refractivity contribution in [3.63, 3.8) is 0 Å². The van der Waals surface area contributed by atoms with Crippen LogP contribution < -0.4 is 4.74 Å². The number of fused-ring (bicyclic) bond motifs is 1. The summed E-state index contributed by atoms with van der Waals surface area (Å²) in [6, 6.07) is 5.93. The molecule has 20 heavy (non-hydrogen) atoms. The second-order valence-corrected chi connectivity index (χ2v) is 5.52. The smallest absolute Gasteiger partial charge is 0.186 e. The SMILES string of the molecule is CCN(CC)C(C)(CC)C(=O)c1cccc2c1OCC2. The van der Waals surface area contributed by atoms with Crippen LogP contribution in [0.2, 0.25) is 0 Å². The predicted molar refractivity (Wildman–Crippen MR) is 81.6 cm³/mol. The van der Waals surface area contributed by atoms with Crippen molar-refractivity contribution in [2.24, 2.45) is 0 Å². The van der Waals surface area contributed by atoms with Crippen LogP contribution in [-0.4, -0.2) is 35.9 Å². The standard InChI is InChI=1S/C17H25NO2/c1-5-17(4,18(6-2)7-3)16(19)14-10-8-9-13-11-12-20-15(13)14/h8-10H,5-7,11-12H2,1-4H3. The first-order valence-corrected chi connectivity index (χ1v) is 7.63. The Bertz CT molecular complexity index is 494. The third-order valence-electron chi connectivity index (χ3n) is 4.60. The average molecular weight is 275 g/mol. The summed E-state index contributed by atoms with van der Waals surface area (Å²) in [6.07, 6.45) is 1.71. The van der Waals surface area contributed by atoms with E-state index in [0.29, 0.717) is 6.61 Å². The number of ketones is 1. The van der Waals surface area contributed by atoms with Crippen LogP contribution in [0.1, 0.15) is 50.0 Å². The van der Waals surface area contributed by atoms with E-state index in [1.807, 2.05) is 12.1 Å². The lowest BCUT2D eigenvalue weighted by Gasteiger charge is -2.38.